The minimum absolute atomic E-state index is 0.611. The third-order valence-electron chi connectivity index (χ3n) is 5.70. The molecule has 0 saturated carbocycles. The lowest BCUT2D eigenvalue weighted by Crippen LogP contribution is -2.32. The van der Waals surface area contributed by atoms with Gasteiger partial charge in [-0.25, -0.2) is 4.57 Å². The predicted molar refractivity (Wildman–Crippen MR) is 108 cm³/mol. The third kappa shape index (κ3) is 2.24. The van der Waals surface area contributed by atoms with E-state index in [0.717, 1.165) is 45.6 Å². The van der Waals surface area contributed by atoms with Crippen LogP contribution in [0, 0.1) is 19.8 Å². The summed E-state index contributed by atoms with van der Waals surface area (Å²) < 4.78 is 14.6. The number of nitrogens with zero attached hydrogens (tertiary/aromatic N) is 1. The lowest BCUT2D eigenvalue weighted by Gasteiger charge is -2.23. The van der Waals surface area contributed by atoms with Gasteiger partial charge in [-0.15, -0.1) is 0 Å². The van der Waals surface area contributed by atoms with Crippen LogP contribution in [0.4, 0.5) is 0 Å². The summed E-state index contributed by atoms with van der Waals surface area (Å²) in [5, 5.41) is 3.55. The molecule has 0 spiro atoms. The molecule has 0 unspecified atom stereocenters. The van der Waals surface area contributed by atoms with Crippen molar-refractivity contribution in [1.82, 2.24) is 0 Å². The van der Waals surface area contributed by atoms with E-state index in [2.05, 4.69) is 63.7 Å². The molecule has 0 atom stereocenters. The van der Waals surface area contributed by atoms with Gasteiger partial charge < -0.3 is 9.15 Å². The molecular weight excluding hydrogens is 334 g/mol. The number of aromatic nitrogens is 1. The van der Waals surface area contributed by atoms with Crippen molar-refractivity contribution in [3.63, 3.8) is 0 Å². The third-order valence-corrected chi connectivity index (χ3v) is 5.70. The molecule has 3 heterocycles. The van der Waals surface area contributed by atoms with E-state index < -0.39 is 0 Å². The van der Waals surface area contributed by atoms with Crippen LogP contribution in [0.5, 0.6) is 11.5 Å². The van der Waals surface area contributed by atoms with Crippen LogP contribution in [0.1, 0.15) is 30.5 Å². The van der Waals surface area contributed by atoms with Gasteiger partial charge in [0.25, 0.3) is 0 Å². The van der Waals surface area contributed by atoms with Gasteiger partial charge in [0.1, 0.15) is 24.1 Å². The zero-order chi connectivity index (χ0) is 18.9. The number of aryl methyl sites for hydroxylation is 3. The number of hydrogen-bond donors (Lipinski definition) is 0. The lowest BCUT2D eigenvalue weighted by molar-refractivity contribution is -0.659. The summed E-state index contributed by atoms with van der Waals surface area (Å²) in [4.78, 5) is 0. The van der Waals surface area contributed by atoms with Gasteiger partial charge in [-0.1, -0.05) is 19.9 Å². The molecule has 0 aliphatic carbocycles. The van der Waals surface area contributed by atoms with E-state index in [9.17, 15) is 0 Å². The average Bonchev–Trinajstić information content (AvgIpc) is 3.11. The molecule has 2 aromatic heterocycles. The largest absolute Gasteiger partial charge is 0.464 e. The summed E-state index contributed by atoms with van der Waals surface area (Å²) in [5.74, 6) is 2.53. The van der Waals surface area contributed by atoms with Crippen molar-refractivity contribution in [2.75, 3.05) is 0 Å². The van der Waals surface area contributed by atoms with Crippen LogP contribution in [-0.4, -0.2) is 0 Å². The molecule has 4 aromatic rings. The highest BCUT2D eigenvalue weighted by molar-refractivity contribution is 6.05. The molecular formula is C24H24NO2+. The normalized spacial score (nSPS) is 12.7. The van der Waals surface area contributed by atoms with E-state index in [4.69, 9.17) is 9.15 Å². The number of fused-ring (bicyclic) bond motifs is 3. The maximum atomic E-state index is 6.56. The Morgan fingerprint density at radius 3 is 2.67 bits per heavy atom. The molecule has 136 valence electrons. The van der Waals surface area contributed by atoms with Crippen LogP contribution >= 0.6 is 0 Å². The Labute approximate surface area is 159 Å². The topological polar surface area (TPSA) is 26.2 Å². The van der Waals surface area contributed by atoms with Crippen molar-refractivity contribution in [1.29, 1.82) is 0 Å². The van der Waals surface area contributed by atoms with Gasteiger partial charge in [-0.3, -0.25) is 0 Å². The Kier molecular flexibility index (Phi) is 3.39. The monoisotopic (exact) mass is 358 g/mol. The van der Waals surface area contributed by atoms with Crippen molar-refractivity contribution in [3.05, 3.63) is 53.4 Å². The standard InChI is InChI=1S/C24H24NO2/c1-13(2)10-16-11-17-6-8-25(5)22-20-15(4)23-18(7-9-26-23)14(3)24(20)27-19(12-16)21(17)22/h6-9,11-13H,10H2,1-5H3/q+1. The fraction of sp³-hybridized carbons (Fsp3) is 0.292. The fourth-order valence-corrected chi connectivity index (χ4v) is 4.51. The second-order valence-electron chi connectivity index (χ2n) is 8.15. The smallest absolute Gasteiger partial charge is 0.228 e. The molecule has 5 rings (SSSR count). The first-order valence-corrected chi connectivity index (χ1v) is 9.59. The first-order chi connectivity index (χ1) is 13.0. The molecule has 3 nitrogen and oxygen atoms in total. The predicted octanol–water partition coefficient (Wildman–Crippen LogP) is 6.00. The molecule has 0 amide bonds. The first kappa shape index (κ1) is 16.4. The minimum Gasteiger partial charge on any atom is -0.464 e. The first-order valence-electron chi connectivity index (χ1n) is 9.59. The quantitative estimate of drug-likeness (QED) is 0.362. The van der Waals surface area contributed by atoms with Crippen molar-refractivity contribution in [2.24, 2.45) is 13.0 Å². The summed E-state index contributed by atoms with van der Waals surface area (Å²) >= 11 is 0. The molecule has 0 saturated heterocycles. The van der Waals surface area contributed by atoms with Crippen molar-refractivity contribution < 1.29 is 13.7 Å². The summed E-state index contributed by atoms with van der Waals surface area (Å²) in [6.45, 7) is 8.76. The number of rotatable bonds is 2. The van der Waals surface area contributed by atoms with E-state index in [0.29, 0.717) is 5.92 Å². The SMILES string of the molecule is Cc1c2c(c(C)c3occc13)-c1c3c(cc(CC(C)C)cc3cc[n+]1C)O2. The van der Waals surface area contributed by atoms with Crippen molar-refractivity contribution in [3.8, 4) is 22.8 Å². The van der Waals surface area contributed by atoms with Crippen LogP contribution < -0.4 is 9.30 Å². The Morgan fingerprint density at radius 1 is 1.07 bits per heavy atom. The van der Waals surface area contributed by atoms with E-state index in [1.165, 1.54) is 22.0 Å². The number of ether oxygens (including phenoxy) is 1. The fourth-order valence-electron chi connectivity index (χ4n) is 4.51. The van der Waals surface area contributed by atoms with Crippen LogP contribution in [0.2, 0.25) is 0 Å². The highest BCUT2D eigenvalue weighted by Gasteiger charge is 2.32. The zero-order valence-corrected chi connectivity index (χ0v) is 16.5. The second kappa shape index (κ2) is 5.59. The Hall–Kier alpha value is -2.81. The summed E-state index contributed by atoms with van der Waals surface area (Å²) in [7, 11) is 2.11. The van der Waals surface area contributed by atoms with Crippen molar-refractivity contribution >= 4 is 21.7 Å². The van der Waals surface area contributed by atoms with E-state index in [-0.39, 0.29) is 0 Å². The Bertz CT molecular complexity index is 1230. The van der Waals surface area contributed by atoms with Gasteiger partial charge >= 0.3 is 0 Å². The molecule has 2 aromatic carbocycles. The Balaban J connectivity index is 1.91. The van der Waals surface area contributed by atoms with Gasteiger partial charge in [0.2, 0.25) is 5.69 Å². The summed E-state index contributed by atoms with van der Waals surface area (Å²) in [6.07, 6.45) is 4.97. The molecule has 0 fully saturated rings. The highest BCUT2D eigenvalue weighted by atomic mass is 16.5. The highest BCUT2D eigenvalue weighted by Crippen LogP contribution is 2.50. The van der Waals surface area contributed by atoms with Gasteiger partial charge in [-0.2, -0.15) is 0 Å². The molecule has 1 aliphatic rings. The van der Waals surface area contributed by atoms with E-state index in [1.54, 1.807) is 6.26 Å². The van der Waals surface area contributed by atoms with Gasteiger partial charge in [0.05, 0.1) is 17.2 Å². The Morgan fingerprint density at radius 2 is 1.89 bits per heavy atom. The maximum absolute atomic E-state index is 6.56. The van der Waals surface area contributed by atoms with Crippen molar-refractivity contribution in [2.45, 2.75) is 34.1 Å². The van der Waals surface area contributed by atoms with E-state index >= 15 is 0 Å². The maximum Gasteiger partial charge on any atom is 0.228 e. The molecule has 0 radical (unpaired) electrons. The number of pyridine rings is 1. The number of furan rings is 1. The van der Waals surface area contributed by atoms with Crippen LogP contribution in [-0.2, 0) is 13.5 Å². The van der Waals surface area contributed by atoms with Gasteiger partial charge in [0.15, 0.2) is 6.20 Å². The van der Waals surface area contributed by atoms with Crippen LogP contribution in [0.25, 0.3) is 33.0 Å². The van der Waals surface area contributed by atoms with E-state index in [1.807, 2.05) is 6.07 Å². The molecule has 1 aliphatic heterocycles. The second-order valence-corrected chi connectivity index (χ2v) is 8.15. The summed E-state index contributed by atoms with van der Waals surface area (Å²) in [6, 6.07) is 8.76. The number of hydrogen-bond acceptors (Lipinski definition) is 2. The van der Waals surface area contributed by atoms with Crippen LogP contribution in [0.15, 0.2) is 41.1 Å². The van der Waals surface area contributed by atoms with Crippen LogP contribution in [0.3, 0.4) is 0 Å². The molecule has 3 heteroatoms. The van der Waals surface area contributed by atoms with Gasteiger partial charge in [0, 0.05) is 22.6 Å². The van der Waals surface area contributed by atoms with Gasteiger partial charge in [-0.05, 0) is 49.3 Å². The molecule has 27 heavy (non-hydrogen) atoms. The number of benzene rings is 2. The molecule has 0 N–H and O–H groups in total. The lowest BCUT2D eigenvalue weighted by atomic mass is 9.90. The average molecular weight is 358 g/mol. The minimum atomic E-state index is 0.611. The zero-order valence-electron chi connectivity index (χ0n) is 16.5. The molecule has 0 bridgehead atoms. The summed E-state index contributed by atoms with van der Waals surface area (Å²) in [5.41, 5.74) is 6.90.